The van der Waals surface area contributed by atoms with Gasteiger partial charge in [0, 0.05) is 33.1 Å². The summed E-state index contributed by atoms with van der Waals surface area (Å²) in [6, 6.07) is 14.1. The van der Waals surface area contributed by atoms with Gasteiger partial charge in [0.1, 0.15) is 11.0 Å². The van der Waals surface area contributed by atoms with Crippen molar-refractivity contribution in [3.63, 3.8) is 0 Å². The molecular formula is C21H24N4O5S2. The number of hydrogen-bond acceptors (Lipinski definition) is 6. The average Bonchev–Trinajstić information content (AvgIpc) is 2.79. The second-order valence-electron chi connectivity index (χ2n) is 7.56. The lowest BCUT2D eigenvalue weighted by molar-refractivity contribution is -0.120. The standard InChI is InChI=1S/C21H24N4O5S2/c1-24(2)31(27,28)20-10-6-4-8-18(20)23-21(26)16-11-13-25(14-12-16)32(29,30)19-9-5-3-7-17(19)15-22/h3-10,16H,11-14H2,1-2H3,(H,23,26). The van der Waals surface area contributed by atoms with E-state index in [2.05, 4.69) is 5.32 Å². The smallest absolute Gasteiger partial charge is 0.244 e. The van der Waals surface area contributed by atoms with Crippen molar-refractivity contribution in [2.24, 2.45) is 5.92 Å². The highest BCUT2D eigenvalue weighted by atomic mass is 32.2. The third kappa shape index (κ3) is 4.68. The van der Waals surface area contributed by atoms with E-state index in [1.807, 2.05) is 6.07 Å². The Labute approximate surface area is 188 Å². The molecule has 2 aromatic rings. The van der Waals surface area contributed by atoms with Gasteiger partial charge in [0.05, 0.1) is 16.1 Å². The minimum atomic E-state index is -3.85. The highest BCUT2D eigenvalue weighted by Crippen LogP contribution is 2.28. The van der Waals surface area contributed by atoms with Gasteiger partial charge in [0.2, 0.25) is 26.0 Å². The SMILES string of the molecule is CN(C)S(=O)(=O)c1ccccc1NC(=O)C1CCN(S(=O)(=O)c2ccccc2C#N)CC1. The molecule has 1 N–H and O–H groups in total. The molecule has 1 fully saturated rings. The Bertz CT molecular complexity index is 1260. The second-order valence-corrected chi connectivity index (χ2v) is 11.6. The number of nitrogens with one attached hydrogen (secondary N) is 1. The van der Waals surface area contributed by atoms with Gasteiger partial charge in [0.15, 0.2) is 0 Å². The number of benzene rings is 2. The molecular weight excluding hydrogens is 452 g/mol. The number of rotatable bonds is 6. The second kappa shape index (κ2) is 9.38. The molecule has 1 heterocycles. The molecule has 0 saturated carbocycles. The van der Waals surface area contributed by atoms with Crippen LogP contribution >= 0.6 is 0 Å². The first-order chi connectivity index (χ1) is 15.1. The van der Waals surface area contributed by atoms with Crippen molar-refractivity contribution in [2.75, 3.05) is 32.5 Å². The molecule has 0 bridgehead atoms. The van der Waals surface area contributed by atoms with Gasteiger partial charge >= 0.3 is 0 Å². The summed E-state index contributed by atoms with van der Waals surface area (Å²) < 4.78 is 53.3. The van der Waals surface area contributed by atoms with E-state index < -0.39 is 26.0 Å². The molecule has 1 aliphatic heterocycles. The monoisotopic (exact) mass is 476 g/mol. The van der Waals surface area contributed by atoms with Crippen LogP contribution in [-0.2, 0) is 24.8 Å². The zero-order valence-electron chi connectivity index (χ0n) is 17.7. The van der Waals surface area contributed by atoms with Crippen LogP contribution in [0.15, 0.2) is 58.3 Å². The molecule has 3 rings (SSSR count). The Morgan fingerprint density at radius 3 is 2.16 bits per heavy atom. The lowest BCUT2D eigenvalue weighted by atomic mass is 9.97. The van der Waals surface area contributed by atoms with E-state index in [1.165, 1.54) is 42.7 Å². The zero-order chi connectivity index (χ0) is 23.5. The van der Waals surface area contributed by atoms with Crippen molar-refractivity contribution >= 4 is 31.6 Å². The van der Waals surface area contributed by atoms with Gasteiger partial charge in [-0.25, -0.2) is 21.1 Å². The number of nitriles is 1. The molecule has 170 valence electrons. The van der Waals surface area contributed by atoms with Crippen LogP contribution in [0.4, 0.5) is 5.69 Å². The number of carbonyl (C=O) groups excluding carboxylic acids is 1. The average molecular weight is 477 g/mol. The van der Waals surface area contributed by atoms with E-state index in [-0.39, 0.29) is 52.9 Å². The molecule has 0 aliphatic carbocycles. The maximum atomic E-state index is 13.0. The number of para-hydroxylation sites is 1. The quantitative estimate of drug-likeness (QED) is 0.678. The van der Waals surface area contributed by atoms with E-state index >= 15 is 0 Å². The first-order valence-electron chi connectivity index (χ1n) is 9.90. The minimum absolute atomic E-state index is 0.00789. The van der Waals surface area contributed by atoms with Crippen molar-refractivity contribution in [3.05, 3.63) is 54.1 Å². The van der Waals surface area contributed by atoms with Crippen LogP contribution in [0.3, 0.4) is 0 Å². The molecule has 1 saturated heterocycles. The van der Waals surface area contributed by atoms with Gasteiger partial charge in [0.25, 0.3) is 0 Å². The number of hydrogen-bond donors (Lipinski definition) is 1. The van der Waals surface area contributed by atoms with Crippen molar-refractivity contribution in [2.45, 2.75) is 22.6 Å². The molecule has 0 atom stereocenters. The molecule has 9 nitrogen and oxygen atoms in total. The van der Waals surface area contributed by atoms with Crippen LogP contribution in [0.1, 0.15) is 18.4 Å². The predicted molar refractivity (Wildman–Crippen MR) is 119 cm³/mol. The molecule has 0 unspecified atom stereocenters. The fourth-order valence-electron chi connectivity index (χ4n) is 3.51. The molecule has 11 heteroatoms. The molecule has 0 aromatic heterocycles. The molecule has 0 spiro atoms. The third-order valence-electron chi connectivity index (χ3n) is 5.35. The number of carbonyl (C=O) groups is 1. The zero-order valence-corrected chi connectivity index (χ0v) is 19.4. The Balaban J connectivity index is 1.72. The lowest BCUT2D eigenvalue weighted by Crippen LogP contribution is -2.41. The van der Waals surface area contributed by atoms with Gasteiger partial charge < -0.3 is 5.32 Å². The normalized spacial score (nSPS) is 15.9. The molecule has 1 aliphatic rings. The van der Waals surface area contributed by atoms with E-state index in [9.17, 15) is 26.9 Å². The molecule has 2 aromatic carbocycles. The van der Waals surface area contributed by atoms with Crippen molar-refractivity contribution in [3.8, 4) is 6.07 Å². The van der Waals surface area contributed by atoms with Gasteiger partial charge in [-0.2, -0.15) is 9.57 Å². The van der Waals surface area contributed by atoms with Crippen molar-refractivity contribution in [1.29, 1.82) is 5.26 Å². The maximum Gasteiger partial charge on any atom is 0.244 e. The summed E-state index contributed by atoms with van der Waals surface area (Å²) in [6.45, 7) is 0.246. The Morgan fingerprint density at radius 2 is 1.56 bits per heavy atom. The predicted octanol–water partition coefficient (Wildman–Crippen LogP) is 1.85. The Morgan fingerprint density at radius 1 is 1.00 bits per heavy atom. The fourth-order valence-corrected chi connectivity index (χ4v) is 6.16. The van der Waals surface area contributed by atoms with Gasteiger partial charge in [-0.05, 0) is 37.1 Å². The Hall–Kier alpha value is -2.78. The highest BCUT2D eigenvalue weighted by Gasteiger charge is 2.33. The van der Waals surface area contributed by atoms with E-state index in [4.69, 9.17) is 0 Å². The minimum Gasteiger partial charge on any atom is -0.325 e. The molecule has 32 heavy (non-hydrogen) atoms. The number of amides is 1. The summed E-state index contributed by atoms with van der Waals surface area (Å²) >= 11 is 0. The first-order valence-corrected chi connectivity index (χ1v) is 12.8. The summed E-state index contributed by atoms with van der Waals surface area (Å²) in [4.78, 5) is 12.8. The van der Waals surface area contributed by atoms with Crippen LogP contribution in [0.25, 0.3) is 0 Å². The maximum absolute atomic E-state index is 13.0. The van der Waals surface area contributed by atoms with Crippen LogP contribution in [0.5, 0.6) is 0 Å². The lowest BCUT2D eigenvalue weighted by Gasteiger charge is -2.31. The van der Waals surface area contributed by atoms with Crippen LogP contribution in [0.2, 0.25) is 0 Å². The fraction of sp³-hybridized carbons (Fsp3) is 0.333. The number of piperidine rings is 1. The molecule has 0 radical (unpaired) electrons. The number of sulfonamides is 2. The summed E-state index contributed by atoms with van der Waals surface area (Å²) in [5.74, 6) is -0.830. The van der Waals surface area contributed by atoms with Crippen molar-refractivity contribution < 1.29 is 21.6 Å². The van der Waals surface area contributed by atoms with Gasteiger partial charge in [-0.1, -0.05) is 24.3 Å². The summed E-state index contributed by atoms with van der Waals surface area (Å²) in [5, 5.41) is 11.9. The van der Waals surface area contributed by atoms with Gasteiger partial charge in [-0.15, -0.1) is 0 Å². The summed E-state index contributed by atoms with van der Waals surface area (Å²) in [6.07, 6.45) is 0.560. The van der Waals surface area contributed by atoms with E-state index in [0.717, 1.165) is 4.31 Å². The third-order valence-corrected chi connectivity index (χ3v) is 9.18. The first kappa shape index (κ1) is 23.9. The molecule has 1 amide bonds. The Kier molecular flexibility index (Phi) is 7.00. The highest BCUT2D eigenvalue weighted by molar-refractivity contribution is 7.89. The van der Waals surface area contributed by atoms with Gasteiger partial charge in [-0.3, -0.25) is 4.79 Å². The van der Waals surface area contributed by atoms with Crippen LogP contribution in [-0.4, -0.2) is 58.5 Å². The van der Waals surface area contributed by atoms with Crippen LogP contribution < -0.4 is 5.32 Å². The van der Waals surface area contributed by atoms with E-state index in [0.29, 0.717) is 0 Å². The largest absolute Gasteiger partial charge is 0.325 e. The summed E-state index contributed by atoms with van der Waals surface area (Å²) in [5.41, 5.74) is 0.260. The number of nitrogens with zero attached hydrogens (tertiary/aromatic N) is 3. The van der Waals surface area contributed by atoms with E-state index in [1.54, 1.807) is 24.3 Å². The summed E-state index contributed by atoms with van der Waals surface area (Å²) in [7, 11) is -4.78. The van der Waals surface area contributed by atoms with Crippen molar-refractivity contribution in [1.82, 2.24) is 8.61 Å². The topological polar surface area (TPSA) is 128 Å². The number of anilines is 1. The van der Waals surface area contributed by atoms with Crippen LogP contribution in [0, 0.1) is 17.2 Å².